The Morgan fingerprint density at radius 3 is 2.89 bits per heavy atom. The highest BCUT2D eigenvalue weighted by atomic mass is 15.3. The van der Waals surface area contributed by atoms with E-state index in [1.54, 1.807) is 0 Å². The van der Waals surface area contributed by atoms with Crippen molar-refractivity contribution in [2.75, 3.05) is 5.32 Å². The van der Waals surface area contributed by atoms with Crippen LogP contribution in [0.4, 0.5) is 5.69 Å². The van der Waals surface area contributed by atoms with E-state index >= 15 is 0 Å². The van der Waals surface area contributed by atoms with Crippen molar-refractivity contribution in [1.82, 2.24) is 9.78 Å². The van der Waals surface area contributed by atoms with E-state index in [9.17, 15) is 0 Å². The van der Waals surface area contributed by atoms with Crippen molar-refractivity contribution in [2.24, 2.45) is 5.73 Å². The van der Waals surface area contributed by atoms with Gasteiger partial charge in [0, 0.05) is 30.2 Å². The Morgan fingerprint density at radius 2 is 2.16 bits per heavy atom. The fourth-order valence-electron chi connectivity index (χ4n) is 2.73. The minimum absolute atomic E-state index is 0.357. The van der Waals surface area contributed by atoms with Crippen molar-refractivity contribution in [2.45, 2.75) is 37.9 Å². The van der Waals surface area contributed by atoms with Gasteiger partial charge in [-0.3, -0.25) is 4.68 Å². The minimum atomic E-state index is 0.357. The van der Waals surface area contributed by atoms with Crippen LogP contribution >= 0.6 is 0 Å². The summed E-state index contributed by atoms with van der Waals surface area (Å²) in [6.45, 7) is 0.801. The second-order valence-corrected chi connectivity index (χ2v) is 5.28. The maximum Gasteiger partial charge on any atom is 0.0679 e. The predicted octanol–water partition coefficient (Wildman–Crippen LogP) is 2.22. The largest absolute Gasteiger partial charge is 0.382 e. The van der Waals surface area contributed by atoms with Gasteiger partial charge in [0.25, 0.3) is 0 Å². The van der Waals surface area contributed by atoms with Crippen LogP contribution in [0.15, 0.2) is 42.7 Å². The van der Waals surface area contributed by atoms with Crippen LogP contribution in [0.1, 0.15) is 24.8 Å². The summed E-state index contributed by atoms with van der Waals surface area (Å²) < 4.78 is 1.95. The first-order valence-electron chi connectivity index (χ1n) is 6.89. The molecule has 0 bridgehead atoms. The minimum Gasteiger partial charge on any atom is -0.382 e. The third-order valence-electron chi connectivity index (χ3n) is 3.74. The molecular weight excluding hydrogens is 236 g/mol. The van der Waals surface area contributed by atoms with Crippen LogP contribution in [-0.2, 0) is 6.54 Å². The molecule has 1 fully saturated rings. The van der Waals surface area contributed by atoms with E-state index in [-0.39, 0.29) is 0 Å². The fourth-order valence-corrected chi connectivity index (χ4v) is 2.73. The van der Waals surface area contributed by atoms with Gasteiger partial charge in [-0.15, -0.1) is 0 Å². The van der Waals surface area contributed by atoms with Gasteiger partial charge in [-0.05, 0) is 37.0 Å². The van der Waals surface area contributed by atoms with Gasteiger partial charge in [-0.25, -0.2) is 0 Å². The molecule has 2 aromatic rings. The first kappa shape index (κ1) is 12.2. The van der Waals surface area contributed by atoms with Gasteiger partial charge >= 0.3 is 0 Å². The molecule has 100 valence electrons. The van der Waals surface area contributed by atoms with E-state index in [2.05, 4.69) is 34.7 Å². The molecule has 19 heavy (non-hydrogen) atoms. The Hall–Kier alpha value is -1.81. The van der Waals surface area contributed by atoms with Crippen molar-refractivity contribution < 1.29 is 0 Å². The number of hydrogen-bond donors (Lipinski definition) is 2. The van der Waals surface area contributed by atoms with E-state index in [0.717, 1.165) is 25.8 Å². The Bertz CT molecular complexity index is 521. The van der Waals surface area contributed by atoms with Crippen molar-refractivity contribution >= 4 is 5.69 Å². The normalized spacial score (nSPS) is 22.6. The zero-order valence-corrected chi connectivity index (χ0v) is 11.0. The molecule has 0 spiro atoms. The van der Waals surface area contributed by atoms with Crippen LogP contribution < -0.4 is 11.1 Å². The lowest BCUT2D eigenvalue weighted by Gasteiger charge is -2.17. The summed E-state index contributed by atoms with van der Waals surface area (Å²) in [5.74, 6) is 0. The van der Waals surface area contributed by atoms with Gasteiger partial charge in [-0.2, -0.15) is 5.10 Å². The van der Waals surface area contributed by atoms with Crippen molar-refractivity contribution in [3.63, 3.8) is 0 Å². The van der Waals surface area contributed by atoms with Gasteiger partial charge in [0.15, 0.2) is 0 Å². The summed E-state index contributed by atoms with van der Waals surface area (Å²) in [5.41, 5.74) is 8.45. The van der Waals surface area contributed by atoms with Gasteiger partial charge in [-0.1, -0.05) is 18.2 Å². The molecular formula is C15H20N4. The van der Waals surface area contributed by atoms with Crippen molar-refractivity contribution in [1.29, 1.82) is 0 Å². The predicted molar refractivity (Wildman–Crippen MR) is 77.0 cm³/mol. The molecule has 4 heteroatoms. The Kier molecular flexibility index (Phi) is 3.51. The number of nitrogens with zero attached hydrogens (tertiary/aromatic N) is 2. The van der Waals surface area contributed by atoms with E-state index in [4.69, 9.17) is 5.73 Å². The molecule has 0 aliphatic heterocycles. The Morgan fingerprint density at radius 1 is 1.26 bits per heavy atom. The molecule has 1 aromatic carbocycles. The summed E-state index contributed by atoms with van der Waals surface area (Å²) >= 11 is 0. The lowest BCUT2D eigenvalue weighted by Crippen LogP contribution is -2.21. The van der Waals surface area contributed by atoms with E-state index in [1.807, 2.05) is 23.1 Å². The average molecular weight is 256 g/mol. The van der Waals surface area contributed by atoms with Crippen molar-refractivity contribution in [3.05, 3.63) is 48.3 Å². The maximum absolute atomic E-state index is 5.97. The number of rotatable bonds is 4. The van der Waals surface area contributed by atoms with E-state index in [1.165, 1.54) is 11.3 Å². The average Bonchev–Trinajstić information content (AvgIpc) is 3.04. The van der Waals surface area contributed by atoms with Crippen LogP contribution in [0.5, 0.6) is 0 Å². The smallest absolute Gasteiger partial charge is 0.0679 e. The topological polar surface area (TPSA) is 55.9 Å². The summed E-state index contributed by atoms with van der Waals surface area (Å²) in [5, 5.41) is 7.90. The first-order chi connectivity index (χ1) is 9.31. The van der Waals surface area contributed by atoms with Gasteiger partial charge in [0.2, 0.25) is 0 Å². The number of benzene rings is 1. The summed E-state index contributed by atoms with van der Waals surface area (Å²) in [4.78, 5) is 0. The summed E-state index contributed by atoms with van der Waals surface area (Å²) in [6, 6.07) is 11.3. The van der Waals surface area contributed by atoms with E-state index in [0.29, 0.717) is 12.1 Å². The summed E-state index contributed by atoms with van der Waals surface area (Å²) in [6.07, 6.45) is 7.15. The molecule has 0 radical (unpaired) electrons. The Balaban J connectivity index is 1.73. The third kappa shape index (κ3) is 2.96. The molecule has 2 unspecified atom stereocenters. The molecule has 2 atom stereocenters. The van der Waals surface area contributed by atoms with Crippen LogP contribution in [0.2, 0.25) is 0 Å². The highest BCUT2D eigenvalue weighted by molar-refractivity contribution is 5.52. The SMILES string of the molecule is NC1CCC(Nc2ccccc2Cn2cccn2)C1. The molecule has 1 aliphatic carbocycles. The molecule has 1 saturated carbocycles. The number of aromatic nitrogens is 2. The number of nitrogens with two attached hydrogens (primary N) is 1. The Labute approximate surface area is 113 Å². The van der Waals surface area contributed by atoms with Gasteiger partial charge in [0.1, 0.15) is 0 Å². The monoisotopic (exact) mass is 256 g/mol. The molecule has 3 rings (SSSR count). The zero-order valence-electron chi connectivity index (χ0n) is 11.0. The number of anilines is 1. The van der Waals surface area contributed by atoms with E-state index < -0.39 is 0 Å². The molecule has 4 nitrogen and oxygen atoms in total. The van der Waals surface area contributed by atoms with Crippen LogP contribution in [0, 0.1) is 0 Å². The lowest BCUT2D eigenvalue weighted by molar-refractivity contribution is 0.677. The maximum atomic E-state index is 5.97. The highest BCUT2D eigenvalue weighted by Gasteiger charge is 2.21. The van der Waals surface area contributed by atoms with Crippen molar-refractivity contribution in [3.8, 4) is 0 Å². The molecule has 1 aromatic heterocycles. The number of hydrogen-bond acceptors (Lipinski definition) is 3. The van der Waals surface area contributed by atoms with Crippen LogP contribution in [-0.4, -0.2) is 21.9 Å². The number of nitrogens with one attached hydrogen (secondary N) is 1. The second kappa shape index (κ2) is 5.45. The second-order valence-electron chi connectivity index (χ2n) is 5.28. The first-order valence-corrected chi connectivity index (χ1v) is 6.89. The molecule has 1 heterocycles. The fraction of sp³-hybridized carbons (Fsp3) is 0.400. The molecule has 0 saturated heterocycles. The molecule has 3 N–H and O–H groups in total. The quantitative estimate of drug-likeness (QED) is 0.882. The van der Waals surface area contributed by atoms with Crippen LogP contribution in [0.3, 0.4) is 0 Å². The lowest BCUT2D eigenvalue weighted by atomic mass is 10.1. The molecule has 1 aliphatic rings. The van der Waals surface area contributed by atoms with Gasteiger partial charge in [0.05, 0.1) is 6.54 Å². The highest BCUT2D eigenvalue weighted by Crippen LogP contribution is 2.24. The van der Waals surface area contributed by atoms with Gasteiger partial charge < -0.3 is 11.1 Å². The van der Waals surface area contributed by atoms with Crippen LogP contribution in [0.25, 0.3) is 0 Å². The third-order valence-corrected chi connectivity index (χ3v) is 3.74. The summed E-state index contributed by atoms with van der Waals surface area (Å²) in [7, 11) is 0. The standard InChI is InChI=1S/C15H20N4/c16-13-6-7-14(10-13)18-15-5-2-1-4-12(15)11-19-9-3-8-17-19/h1-5,8-9,13-14,18H,6-7,10-11,16H2. The number of para-hydroxylation sites is 1. The molecule has 0 amide bonds. The zero-order chi connectivity index (χ0) is 13.1.